The first-order valence-electron chi connectivity index (χ1n) is 3.57. The van der Waals surface area contributed by atoms with E-state index in [0.717, 1.165) is 0 Å². The maximum absolute atomic E-state index is 5.58. The third-order valence-corrected chi connectivity index (χ3v) is 12.2. The molecule has 0 amide bonds. The minimum atomic E-state index is -3.03. The second-order valence-electron chi connectivity index (χ2n) is 2.80. The van der Waals surface area contributed by atoms with Gasteiger partial charge in [0.25, 0.3) is 0 Å². The molecule has 0 aromatic heterocycles. The number of hydrogen-bond donors (Lipinski definition) is 0. The maximum atomic E-state index is 5.58. The van der Waals surface area contributed by atoms with E-state index < -0.39 is 16.2 Å². The monoisotopic (exact) mass is 456 g/mol. The zero-order valence-electron chi connectivity index (χ0n) is 7.23. The van der Waals surface area contributed by atoms with Crippen molar-refractivity contribution < 1.29 is 21.9 Å². The van der Waals surface area contributed by atoms with Gasteiger partial charge in [-0.05, 0) is 0 Å². The Hall–Kier alpha value is 1.75. The molecule has 11 heavy (non-hydrogen) atoms. The van der Waals surface area contributed by atoms with Crippen molar-refractivity contribution in [3.05, 3.63) is 0 Å². The molecule has 0 fully saturated rings. The molecule has 0 N–H and O–H groups in total. The van der Waals surface area contributed by atoms with Crippen molar-refractivity contribution in [3.8, 4) is 0 Å². The summed E-state index contributed by atoms with van der Waals surface area (Å²) >= 11 is 3.93. The SMILES string of the molecule is CC(C)[O][Hf]([Br])([Br])[O]C(C)C. The normalized spacial score (nSPS) is 13.1. The summed E-state index contributed by atoms with van der Waals surface area (Å²) in [5.41, 5.74) is 0. The van der Waals surface area contributed by atoms with Crippen molar-refractivity contribution in [2.45, 2.75) is 39.9 Å². The average molecular weight is 456 g/mol. The molecule has 0 spiro atoms. The Balaban J connectivity index is 3.79. The Kier molecular flexibility index (Phi) is 6.34. The van der Waals surface area contributed by atoms with Crippen LogP contribution in [0.2, 0.25) is 0 Å². The van der Waals surface area contributed by atoms with E-state index in [1.807, 2.05) is 27.7 Å². The van der Waals surface area contributed by atoms with Crippen LogP contribution in [-0.2, 0) is 21.9 Å². The van der Waals surface area contributed by atoms with Gasteiger partial charge in [0.15, 0.2) is 0 Å². The summed E-state index contributed by atoms with van der Waals surface area (Å²) in [5, 5.41) is 0. The van der Waals surface area contributed by atoms with Crippen molar-refractivity contribution >= 4 is 24.6 Å². The van der Waals surface area contributed by atoms with Crippen LogP contribution in [0.15, 0.2) is 0 Å². The van der Waals surface area contributed by atoms with Crippen molar-refractivity contribution in [3.63, 3.8) is 0 Å². The topological polar surface area (TPSA) is 18.5 Å². The first-order valence-corrected chi connectivity index (χ1v) is 22.2. The van der Waals surface area contributed by atoms with Gasteiger partial charge in [0.05, 0.1) is 0 Å². The molecule has 5 heteroatoms. The molecule has 0 aromatic carbocycles. The fraction of sp³-hybridized carbons (Fsp3) is 1.00. The molecule has 0 unspecified atom stereocenters. The predicted octanol–water partition coefficient (Wildman–Crippen LogP) is 3.44. The van der Waals surface area contributed by atoms with Crippen LogP contribution in [0, 0.1) is 0 Å². The van der Waals surface area contributed by atoms with Crippen LogP contribution in [0.4, 0.5) is 0 Å². The summed E-state index contributed by atoms with van der Waals surface area (Å²) in [5.74, 6) is 0. The summed E-state index contributed by atoms with van der Waals surface area (Å²) < 4.78 is 11.2. The molecule has 0 radical (unpaired) electrons. The van der Waals surface area contributed by atoms with E-state index in [4.69, 9.17) is 5.71 Å². The molecular weight excluding hydrogens is 442 g/mol. The average Bonchev–Trinajstić information content (AvgIpc) is 1.53. The van der Waals surface area contributed by atoms with Crippen molar-refractivity contribution in [1.29, 1.82) is 0 Å². The van der Waals surface area contributed by atoms with Crippen LogP contribution < -0.4 is 0 Å². The number of rotatable bonds is 4. The molecule has 0 aromatic rings. The second-order valence-corrected chi connectivity index (χ2v) is 33.6. The summed E-state index contributed by atoms with van der Waals surface area (Å²) in [6.45, 7) is 8.00. The summed E-state index contributed by atoms with van der Waals surface area (Å²) in [4.78, 5) is 0. The molecule has 0 aliphatic carbocycles. The van der Waals surface area contributed by atoms with Crippen molar-refractivity contribution in [2.24, 2.45) is 0 Å². The molecule has 0 heterocycles. The third-order valence-electron chi connectivity index (χ3n) is 0.746. The van der Waals surface area contributed by atoms with E-state index in [1.54, 1.807) is 0 Å². The van der Waals surface area contributed by atoms with Crippen molar-refractivity contribution in [2.75, 3.05) is 0 Å². The predicted molar refractivity (Wildman–Crippen MR) is 50.3 cm³/mol. The van der Waals surface area contributed by atoms with Gasteiger partial charge >= 0.3 is 86.4 Å². The molecule has 2 nitrogen and oxygen atoms in total. The number of hydrogen-bond acceptors (Lipinski definition) is 2. The van der Waals surface area contributed by atoms with Crippen LogP contribution in [0.3, 0.4) is 0 Å². The first-order chi connectivity index (χ1) is 4.83. The van der Waals surface area contributed by atoms with E-state index in [1.165, 1.54) is 0 Å². The Morgan fingerprint density at radius 3 is 1.36 bits per heavy atom. The van der Waals surface area contributed by atoms with Gasteiger partial charge in [-0.25, -0.2) is 0 Å². The second kappa shape index (κ2) is 5.47. The van der Waals surface area contributed by atoms with Gasteiger partial charge in [-0.3, -0.25) is 0 Å². The van der Waals surface area contributed by atoms with E-state index >= 15 is 0 Å². The minimum absolute atomic E-state index is 0.217. The molecule has 68 valence electrons. The van der Waals surface area contributed by atoms with Crippen molar-refractivity contribution in [1.82, 2.24) is 0 Å². The summed E-state index contributed by atoms with van der Waals surface area (Å²) in [6, 6.07) is 0. The Morgan fingerprint density at radius 2 is 1.18 bits per heavy atom. The van der Waals surface area contributed by atoms with Gasteiger partial charge in [-0.2, -0.15) is 0 Å². The van der Waals surface area contributed by atoms with Crippen LogP contribution in [0.1, 0.15) is 27.7 Å². The quantitative estimate of drug-likeness (QED) is 0.604. The van der Waals surface area contributed by atoms with Gasteiger partial charge in [0, 0.05) is 0 Å². The molecule has 0 saturated carbocycles. The fourth-order valence-corrected chi connectivity index (χ4v) is 17.0. The van der Waals surface area contributed by atoms with Gasteiger partial charge in [0.2, 0.25) is 0 Å². The Bertz CT molecular complexity index is 105. The standard InChI is InChI=1S/2C3H7O.2BrH.Hf/c2*1-3(2)4;;;/h2*3H,1-2H3;2*1H;/q2*-1;;;+4/p-2. The molecule has 0 bridgehead atoms. The third kappa shape index (κ3) is 8.09. The molecule has 0 saturated heterocycles. The molecular formula is C6H14Br2HfO2. The number of halogens is 2. The zero-order valence-corrected chi connectivity index (χ0v) is 14.0. The molecule has 0 atom stereocenters. The zero-order chi connectivity index (χ0) is 9.07. The molecule has 0 aliphatic rings. The van der Waals surface area contributed by atoms with Crippen LogP contribution in [0.25, 0.3) is 0 Å². The van der Waals surface area contributed by atoms with Crippen LogP contribution >= 0.6 is 24.6 Å². The first kappa shape index (κ1) is 12.8. The van der Waals surface area contributed by atoms with E-state index in [-0.39, 0.29) is 12.2 Å². The Labute approximate surface area is 85.6 Å². The van der Waals surface area contributed by atoms with Gasteiger partial charge in [-0.1, -0.05) is 0 Å². The molecule has 0 rings (SSSR count). The van der Waals surface area contributed by atoms with Crippen LogP contribution in [0.5, 0.6) is 0 Å². The van der Waals surface area contributed by atoms with Gasteiger partial charge in [-0.15, -0.1) is 0 Å². The van der Waals surface area contributed by atoms with Gasteiger partial charge < -0.3 is 0 Å². The summed E-state index contributed by atoms with van der Waals surface area (Å²) in [6.07, 6.45) is 0.434. The summed E-state index contributed by atoms with van der Waals surface area (Å²) in [7, 11) is 0. The Morgan fingerprint density at radius 1 is 0.909 bits per heavy atom. The van der Waals surface area contributed by atoms with E-state index in [9.17, 15) is 0 Å². The van der Waals surface area contributed by atoms with Crippen LogP contribution in [-0.4, -0.2) is 12.2 Å². The van der Waals surface area contributed by atoms with Gasteiger partial charge in [0.1, 0.15) is 0 Å². The molecule has 0 aliphatic heterocycles. The van der Waals surface area contributed by atoms with E-state index in [2.05, 4.69) is 24.6 Å². The fourth-order valence-electron chi connectivity index (χ4n) is 0.577. The van der Waals surface area contributed by atoms with E-state index in [0.29, 0.717) is 0 Å².